The standard InChI is InChI=1S/C10H17N5O2/c1-6(2)8(9(11)15-17)10(16)14-5-7-12-3-4-13-7/h3-4,6,8,17H,5H2,1-2H3,(H2,11,15)(H,12,13)(H,14,16). The third-order valence-electron chi connectivity index (χ3n) is 2.37. The first-order valence-corrected chi connectivity index (χ1v) is 5.29. The van der Waals surface area contributed by atoms with Crippen LogP contribution in [0.3, 0.4) is 0 Å². The lowest BCUT2D eigenvalue weighted by atomic mass is 9.94. The molecule has 0 aliphatic heterocycles. The number of H-pyrrole nitrogens is 1. The Morgan fingerprint density at radius 2 is 2.41 bits per heavy atom. The van der Waals surface area contributed by atoms with E-state index in [2.05, 4.69) is 20.4 Å². The van der Waals surface area contributed by atoms with Crippen LogP contribution in [-0.2, 0) is 11.3 Å². The molecule has 0 bridgehead atoms. The molecule has 0 spiro atoms. The number of oxime groups is 1. The molecular formula is C10H17N5O2. The number of amidine groups is 1. The Balaban J connectivity index is 2.60. The highest BCUT2D eigenvalue weighted by molar-refractivity contribution is 6.02. The van der Waals surface area contributed by atoms with Gasteiger partial charge in [-0.3, -0.25) is 4.79 Å². The Kier molecular flexibility index (Phi) is 4.50. The number of carbonyl (C=O) groups is 1. The first-order chi connectivity index (χ1) is 8.06. The monoisotopic (exact) mass is 239 g/mol. The van der Waals surface area contributed by atoms with Crippen LogP contribution in [-0.4, -0.2) is 26.9 Å². The van der Waals surface area contributed by atoms with Crippen LogP contribution < -0.4 is 11.1 Å². The number of hydrogen-bond donors (Lipinski definition) is 4. The Bertz CT molecular complexity index is 385. The van der Waals surface area contributed by atoms with E-state index in [1.807, 2.05) is 13.8 Å². The summed E-state index contributed by atoms with van der Waals surface area (Å²) in [5.41, 5.74) is 5.48. The van der Waals surface area contributed by atoms with Gasteiger partial charge in [-0.25, -0.2) is 4.98 Å². The normalized spacial score (nSPS) is 13.7. The molecule has 0 aliphatic carbocycles. The van der Waals surface area contributed by atoms with Crippen LogP contribution in [0.2, 0.25) is 0 Å². The van der Waals surface area contributed by atoms with Crippen LogP contribution in [0.15, 0.2) is 17.5 Å². The van der Waals surface area contributed by atoms with Crippen molar-refractivity contribution in [2.24, 2.45) is 22.7 Å². The van der Waals surface area contributed by atoms with Gasteiger partial charge in [0.05, 0.1) is 6.54 Å². The molecule has 7 heteroatoms. The van der Waals surface area contributed by atoms with Gasteiger partial charge >= 0.3 is 0 Å². The van der Waals surface area contributed by atoms with Crippen molar-refractivity contribution in [1.82, 2.24) is 15.3 Å². The highest BCUT2D eigenvalue weighted by atomic mass is 16.4. The fourth-order valence-corrected chi connectivity index (χ4v) is 1.52. The van der Waals surface area contributed by atoms with Crippen LogP contribution in [0.25, 0.3) is 0 Å². The molecule has 0 radical (unpaired) electrons. The number of nitrogens with two attached hydrogens (primary N) is 1. The molecule has 5 N–H and O–H groups in total. The van der Waals surface area contributed by atoms with Crippen molar-refractivity contribution in [2.45, 2.75) is 20.4 Å². The van der Waals surface area contributed by atoms with Crippen LogP contribution in [0.5, 0.6) is 0 Å². The number of imidazole rings is 1. The maximum atomic E-state index is 11.9. The molecule has 94 valence electrons. The summed E-state index contributed by atoms with van der Waals surface area (Å²) >= 11 is 0. The third-order valence-corrected chi connectivity index (χ3v) is 2.37. The maximum absolute atomic E-state index is 11.9. The van der Waals surface area contributed by atoms with Gasteiger partial charge in [-0.1, -0.05) is 19.0 Å². The second kappa shape index (κ2) is 5.88. The van der Waals surface area contributed by atoms with Gasteiger partial charge in [-0.2, -0.15) is 0 Å². The molecule has 0 aliphatic rings. The largest absolute Gasteiger partial charge is 0.409 e. The van der Waals surface area contributed by atoms with E-state index in [1.54, 1.807) is 12.4 Å². The molecule has 7 nitrogen and oxygen atoms in total. The Labute approximate surface area is 99.1 Å². The number of amides is 1. The topological polar surface area (TPSA) is 116 Å². The maximum Gasteiger partial charge on any atom is 0.231 e. The zero-order chi connectivity index (χ0) is 12.8. The fraction of sp³-hybridized carbons (Fsp3) is 0.500. The first kappa shape index (κ1) is 13.0. The van der Waals surface area contributed by atoms with Crippen LogP contribution in [0.1, 0.15) is 19.7 Å². The summed E-state index contributed by atoms with van der Waals surface area (Å²) in [6, 6.07) is 0. The number of aromatic amines is 1. The second-order valence-corrected chi connectivity index (χ2v) is 4.00. The van der Waals surface area contributed by atoms with Crippen molar-refractivity contribution in [3.8, 4) is 0 Å². The van der Waals surface area contributed by atoms with E-state index in [1.165, 1.54) is 0 Å². The van der Waals surface area contributed by atoms with E-state index in [-0.39, 0.29) is 24.2 Å². The van der Waals surface area contributed by atoms with E-state index >= 15 is 0 Å². The van der Waals surface area contributed by atoms with E-state index in [0.29, 0.717) is 5.82 Å². The summed E-state index contributed by atoms with van der Waals surface area (Å²) in [7, 11) is 0. The van der Waals surface area contributed by atoms with Crippen molar-refractivity contribution in [1.29, 1.82) is 0 Å². The summed E-state index contributed by atoms with van der Waals surface area (Å²) in [6.07, 6.45) is 3.27. The molecule has 1 heterocycles. The Morgan fingerprint density at radius 3 is 2.88 bits per heavy atom. The van der Waals surface area contributed by atoms with Crippen molar-refractivity contribution >= 4 is 11.7 Å². The van der Waals surface area contributed by atoms with Crippen molar-refractivity contribution in [2.75, 3.05) is 0 Å². The van der Waals surface area contributed by atoms with E-state index in [4.69, 9.17) is 10.9 Å². The number of aromatic nitrogens is 2. The number of carbonyl (C=O) groups excluding carboxylic acids is 1. The molecular weight excluding hydrogens is 222 g/mol. The van der Waals surface area contributed by atoms with Gasteiger partial charge in [0.15, 0.2) is 5.84 Å². The fourth-order valence-electron chi connectivity index (χ4n) is 1.52. The van der Waals surface area contributed by atoms with Gasteiger partial charge in [0, 0.05) is 12.4 Å². The lowest BCUT2D eigenvalue weighted by Gasteiger charge is -2.18. The zero-order valence-electron chi connectivity index (χ0n) is 9.84. The Hall–Kier alpha value is -2.05. The SMILES string of the molecule is CC(C)C(C(=O)NCc1ncc[nH]1)C(N)=NO. The van der Waals surface area contributed by atoms with Gasteiger partial charge in [-0.05, 0) is 5.92 Å². The molecule has 1 unspecified atom stereocenters. The highest BCUT2D eigenvalue weighted by Gasteiger charge is 2.26. The summed E-state index contributed by atoms with van der Waals surface area (Å²) in [5.74, 6) is -0.415. The lowest BCUT2D eigenvalue weighted by molar-refractivity contribution is -0.124. The minimum absolute atomic E-state index is 0.0532. The molecule has 0 aromatic carbocycles. The molecule has 0 fully saturated rings. The highest BCUT2D eigenvalue weighted by Crippen LogP contribution is 2.11. The minimum Gasteiger partial charge on any atom is -0.409 e. The number of nitrogens with zero attached hydrogens (tertiary/aromatic N) is 2. The number of rotatable bonds is 5. The third kappa shape index (κ3) is 3.47. The average molecular weight is 239 g/mol. The van der Waals surface area contributed by atoms with Crippen molar-refractivity contribution in [3.05, 3.63) is 18.2 Å². The van der Waals surface area contributed by atoms with Crippen molar-refractivity contribution < 1.29 is 10.0 Å². The number of hydrogen-bond acceptors (Lipinski definition) is 4. The van der Waals surface area contributed by atoms with Gasteiger partial charge in [0.1, 0.15) is 11.7 Å². The molecule has 1 aromatic rings. The quantitative estimate of drug-likeness (QED) is 0.251. The smallest absolute Gasteiger partial charge is 0.231 e. The molecule has 1 amide bonds. The van der Waals surface area contributed by atoms with E-state index < -0.39 is 5.92 Å². The summed E-state index contributed by atoms with van der Waals surface area (Å²) < 4.78 is 0. The van der Waals surface area contributed by atoms with E-state index in [9.17, 15) is 4.79 Å². The van der Waals surface area contributed by atoms with Crippen molar-refractivity contribution in [3.63, 3.8) is 0 Å². The molecule has 17 heavy (non-hydrogen) atoms. The number of nitrogens with one attached hydrogen (secondary N) is 2. The molecule has 0 saturated heterocycles. The summed E-state index contributed by atoms with van der Waals surface area (Å²) in [6.45, 7) is 3.94. The average Bonchev–Trinajstić information content (AvgIpc) is 2.78. The summed E-state index contributed by atoms with van der Waals surface area (Å²) in [5, 5.41) is 14.2. The molecule has 1 aromatic heterocycles. The second-order valence-electron chi connectivity index (χ2n) is 4.00. The van der Waals surface area contributed by atoms with E-state index in [0.717, 1.165) is 0 Å². The molecule has 0 saturated carbocycles. The predicted molar refractivity (Wildman–Crippen MR) is 62.2 cm³/mol. The van der Waals surface area contributed by atoms with Gasteiger partial charge in [0.2, 0.25) is 5.91 Å². The molecule has 1 atom stereocenters. The van der Waals surface area contributed by atoms with Crippen LogP contribution in [0.4, 0.5) is 0 Å². The van der Waals surface area contributed by atoms with Gasteiger partial charge in [-0.15, -0.1) is 0 Å². The summed E-state index contributed by atoms with van der Waals surface area (Å²) in [4.78, 5) is 18.7. The lowest BCUT2D eigenvalue weighted by Crippen LogP contribution is -2.41. The zero-order valence-corrected chi connectivity index (χ0v) is 9.84. The molecule has 1 rings (SSSR count). The van der Waals surface area contributed by atoms with Crippen LogP contribution >= 0.6 is 0 Å². The minimum atomic E-state index is -0.644. The van der Waals surface area contributed by atoms with Crippen LogP contribution in [0, 0.1) is 11.8 Å². The predicted octanol–water partition coefficient (Wildman–Crippen LogP) is 0.0445. The Morgan fingerprint density at radius 1 is 1.71 bits per heavy atom. The van der Waals surface area contributed by atoms with Gasteiger partial charge in [0.25, 0.3) is 0 Å². The van der Waals surface area contributed by atoms with Gasteiger partial charge < -0.3 is 21.2 Å². The first-order valence-electron chi connectivity index (χ1n) is 5.29.